The molecule has 0 saturated carbocycles. The minimum absolute atomic E-state index is 0.204. The molecular weight excluding hydrogens is 370 g/mol. The summed E-state index contributed by atoms with van der Waals surface area (Å²) in [6, 6.07) is 8.77. The summed E-state index contributed by atoms with van der Waals surface area (Å²) in [7, 11) is 0. The monoisotopic (exact) mass is 385 g/mol. The number of furan rings is 1. The summed E-state index contributed by atoms with van der Waals surface area (Å²) in [5, 5.41) is 14.5. The molecule has 10 nitrogen and oxygen atoms in total. The van der Waals surface area contributed by atoms with Gasteiger partial charge < -0.3 is 19.7 Å². The number of aromatic amines is 2. The van der Waals surface area contributed by atoms with Crippen molar-refractivity contribution in [3.63, 3.8) is 0 Å². The number of nitrogens with zero attached hydrogens (tertiary/aromatic N) is 4. The molecule has 0 spiro atoms. The van der Waals surface area contributed by atoms with Crippen LogP contribution in [0, 0.1) is 0 Å². The Morgan fingerprint density at radius 2 is 2.19 bits per heavy atom. The van der Waals surface area contributed by atoms with Gasteiger partial charge in [0.25, 0.3) is 0 Å². The number of carbonyl (C=O) groups is 1. The van der Waals surface area contributed by atoms with E-state index in [1.54, 1.807) is 42.1 Å². The van der Waals surface area contributed by atoms with Crippen molar-refractivity contribution in [1.29, 1.82) is 0 Å². The third kappa shape index (κ3) is 3.77. The first-order valence-electron chi connectivity index (χ1n) is 8.06. The smallest absolute Gasteiger partial charge is 0.323 e. The second-order valence-electron chi connectivity index (χ2n) is 5.79. The largest absolute Gasteiger partial charge is 0.467 e. The van der Waals surface area contributed by atoms with Gasteiger partial charge in [0.15, 0.2) is 0 Å². The number of rotatable bonds is 6. The van der Waals surface area contributed by atoms with Crippen molar-refractivity contribution in [1.82, 2.24) is 30.2 Å². The van der Waals surface area contributed by atoms with E-state index >= 15 is 0 Å². The van der Waals surface area contributed by atoms with Crippen LogP contribution in [-0.4, -0.2) is 41.3 Å². The number of H-pyrrole nitrogens is 2. The molecule has 0 fully saturated rings. The number of imidazole rings is 1. The first-order chi connectivity index (χ1) is 13.1. The summed E-state index contributed by atoms with van der Waals surface area (Å²) in [4.78, 5) is 29.1. The molecule has 0 radical (unpaired) electrons. The molecule has 11 heteroatoms. The van der Waals surface area contributed by atoms with Gasteiger partial charge in [-0.15, -0.1) is 5.10 Å². The molecule has 0 bridgehead atoms. The second kappa shape index (κ2) is 7.11. The number of aromatic nitrogens is 6. The SMILES string of the molecule is CC(Sc1nnnn1Cc1ccco1)C(=O)Nc1ccc2[nH]c(=O)[nH]c2c1. The number of hydrogen-bond acceptors (Lipinski definition) is 7. The molecule has 4 aromatic rings. The van der Waals surface area contributed by atoms with Crippen LogP contribution in [0.2, 0.25) is 0 Å². The topological polar surface area (TPSA) is 134 Å². The fraction of sp³-hybridized carbons (Fsp3) is 0.188. The fourth-order valence-electron chi connectivity index (χ4n) is 2.50. The summed E-state index contributed by atoms with van der Waals surface area (Å²) in [5.74, 6) is 0.514. The van der Waals surface area contributed by atoms with Crippen LogP contribution >= 0.6 is 11.8 Å². The molecule has 4 rings (SSSR count). The van der Waals surface area contributed by atoms with E-state index in [1.807, 2.05) is 6.07 Å². The Morgan fingerprint density at radius 1 is 1.33 bits per heavy atom. The average Bonchev–Trinajstić information content (AvgIpc) is 3.36. The molecule has 3 N–H and O–H groups in total. The predicted molar refractivity (Wildman–Crippen MR) is 98.5 cm³/mol. The summed E-state index contributed by atoms with van der Waals surface area (Å²) < 4.78 is 6.87. The molecule has 1 unspecified atom stereocenters. The van der Waals surface area contributed by atoms with Gasteiger partial charge in [0.1, 0.15) is 12.3 Å². The van der Waals surface area contributed by atoms with Gasteiger partial charge in [-0.3, -0.25) is 4.79 Å². The van der Waals surface area contributed by atoms with Gasteiger partial charge >= 0.3 is 5.69 Å². The molecule has 3 heterocycles. The van der Waals surface area contributed by atoms with Gasteiger partial charge in [0, 0.05) is 5.69 Å². The minimum atomic E-state index is -0.438. The highest BCUT2D eigenvalue weighted by Crippen LogP contribution is 2.23. The summed E-state index contributed by atoms with van der Waals surface area (Å²) in [6.07, 6.45) is 1.58. The Bertz CT molecular complexity index is 1130. The molecule has 3 aromatic heterocycles. The highest BCUT2D eigenvalue weighted by molar-refractivity contribution is 8.00. The number of benzene rings is 1. The van der Waals surface area contributed by atoms with Crippen molar-refractivity contribution in [3.8, 4) is 0 Å². The number of nitrogens with one attached hydrogen (secondary N) is 3. The summed E-state index contributed by atoms with van der Waals surface area (Å²) >= 11 is 1.24. The molecular formula is C16H15N7O3S. The van der Waals surface area contributed by atoms with Gasteiger partial charge in [-0.25, -0.2) is 9.48 Å². The first-order valence-corrected chi connectivity index (χ1v) is 8.94. The maximum atomic E-state index is 12.5. The highest BCUT2D eigenvalue weighted by atomic mass is 32.2. The van der Waals surface area contributed by atoms with E-state index in [-0.39, 0.29) is 11.6 Å². The van der Waals surface area contributed by atoms with Gasteiger partial charge in [-0.2, -0.15) is 0 Å². The van der Waals surface area contributed by atoms with Crippen molar-refractivity contribution in [2.24, 2.45) is 0 Å². The van der Waals surface area contributed by atoms with E-state index in [9.17, 15) is 9.59 Å². The molecule has 1 atom stereocenters. The molecule has 0 aliphatic rings. The molecule has 0 aliphatic heterocycles. The number of carbonyl (C=O) groups excluding carboxylic acids is 1. The molecule has 0 saturated heterocycles. The third-order valence-corrected chi connectivity index (χ3v) is 4.89. The summed E-state index contributed by atoms with van der Waals surface area (Å²) in [5.41, 5.74) is 1.60. The Hall–Kier alpha value is -3.34. The summed E-state index contributed by atoms with van der Waals surface area (Å²) in [6.45, 7) is 2.15. The highest BCUT2D eigenvalue weighted by Gasteiger charge is 2.19. The number of amides is 1. The van der Waals surface area contributed by atoms with Crippen molar-refractivity contribution in [2.75, 3.05) is 5.32 Å². The molecule has 1 amide bonds. The van der Waals surface area contributed by atoms with Crippen LogP contribution < -0.4 is 11.0 Å². The molecule has 138 valence electrons. The van der Waals surface area contributed by atoms with E-state index in [1.165, 1.54) is 11.8 Å². The maximum absolute atomic E-state index is 12.5. The van der Waals surface area contributed by atoms with E-state index in [0.717, 1.165) is 5.76 Å². The van der Waals surface area contributed by atoms with Crippen LogP contribution in [-0.2, 0) is 11.3 Å². The quantitative estimate of drug-likeness (QED) is 0.429. The number of fused-ring (bicyclic) bond motifs is 1. The van der Waals surface area contributed by atoms with Crippen molar-refractivity contribution in [3.05, 3.63) is 52.8 Å². The van der Waals surface area contributed by atoms with E-state index in [4.69, 9.17) is 4.42 Å². The van der Waals surface area contributed by atoms with Crippen molar-refractivity contribution in [2.45, 2.75) is 23.9 Å². The van der Waals surface area contributed by atoms with Gasteiger partial charge in [0.2, 0.25) is 11.1 Å². The van der Waals surface area contributed by atoms with Crippen molar-refractivity contribution >= 4 is 34.4 Å². The van der Waals surface area contributed by atoms with Gasteiger partial charge in [-0.05, 0) is 47.7 Å². The van der Waals surface area contributed by atoms with Crippen LogP contribution in [0.5, 0.6) is 0 Å². The fourth-order valence-corrected chi connectivity index (χ4v) is 3.28. The predicted octanol–water partition coefficient (Wildman–Crippen LogP) is 1.60. The van der Waals surface area contributed by atoms with Gasteiger partial charge in [0.05, 0.1) is 22.5 Å². The zero-order valence-corrected chi connectivity index (χ0v) is 15.0. The van der Waals surface area contributed by atoms with E-state index in [0.29, 0.717) is 28.4 Å². The number of anilines is 1. The van der Waals surface area contributed by atoms with Gasteiger partial charge in [-0.1, -0.05) is 11.8 Å². The van der Waals surface area contributed by atoms with E-state index in [2.05, 4.69) is 30.8 Å². The Balaban J connectivity index is 1.43. The van der Waals surface area contributed by atoms with Crippen LogP contribution in [0.15, 0.2) is 51.0 Å². The Kier molecular flexibility index (Phi) is 4.50. The zero-order chi connectivity index (χ0) is 18.8. The maximum Gasteiger partial charge on any atom is 0.323 e. The number of tetrazole rings is 1. The van der Waals surface area contributed by atoms with Crippen LogP contribution in [0.3, 0.4) is 0 Å². The Labute approximate surface area is 156 Å². The molecule has 1 aromatic carbocycles. The zero-order valence-electron chi connectivity index (χ0n) is 14.2. The van der Waals surface area contributed by atoms with Crippen LogP contribution in [0.1, 0.15) is 12.7 Å². The minimum Gasteiger partial charge on any atom is -0.467 e. The van der Waals surface area contributed by atoms with Crippen molar-refractivity contribution < 1.29 is 9.21 Å². The lowest BCUT2D eigenvalue weighted by Gasteiger charge is -2.11. The molecule has 0 aliphatic carbocycles. The van der Waals surface area contributed by atoms with Crippen LogP contribution in [0.4, 0.5) is 5.69 Å². The lowest BCUT2D eigenvalue weighted by atomic mass is 10.2. The molecule has 27 heavy (non-hydrogen) atoms. The lowest BCUT2D eigenvalue weighted by molar-refractivity contribution is -0.115. The first kappa shape index (κ1) is 17.1. The lowest BCUT2D eigenvalue weighted by Crippen LogP contribution is -2.23. The number of hydrogen-bond donors (Lipinski definition) is 3. The number of thioether (sulfide) groups is 1. The van der Waals surface area contributed by atoms with E-state index < -0.39 is 5.25 Å². The van der Waals surface area contributed by atoms with Crippen LogP contribution in [0.25, 0.3) is 11.0 Å². The normalized spacial score (nSPS) is 12.3. The second-order valence-corrected chi connectivity index (χ2v) is 7.10. The Morgan fingerprint density at radius 3 is 3.00 bits per heavy atom. The standard InChI is InChI=1S/C16H15N7O3S/c1-9(27-16-20-21-22-23(16)8-11-3-2-6-26-11)14(24)17-10-4-5-12-13(7-10)19-15(25)18-12/h2-7,9H,8H2,1H3,(H,17,24)(H2,18,19,25). The third-order valence-electron chi connectivity index (χ3n) is 3.82. The average molecular weight is 385 g/mol.